The third-order valence-electron chi connectivity index (χ3n) is 2.64. The largest absolute Gasteiger partial charge is 0.353 e. The molecule has 0 aromatic heterocycles. The molecule has 80 valence electrons. The fourth-order valence-corrected chi connectivity index (χ4v) is 1.53. The zero-order valence-corrected chi connectivity index (χ0v) is 8.83. The van der Waals surface area contributed by atoms with Crippen LogP contribution in [0, 0.1) is 5.92 Å². The maximum absolute atomic E-state index is 11.4. The maximum atomic E-state index is 11.4. The van der Waals surface area contributed by atoms with E-state index in [1.165, 1.54) is 0 Å². The van der Waals surface area contributed by atoms with Gasteiger partial charge < -0.3 is 11.1 Å². The number of nitrogens with one attached hydrogen (secondary N) is 1. The summed E-state index contributed by atoms with van der Waals surface area (Å²) in [5.41, 5.74) is 5.48. The van der Waals surface area contributed by atoms with Gasteiger partial charge in [-0.3, -0.25) is 4.79 Å². The molecule has 0 aromatic rings. The van der Waals surface area contributed by atoms with Crippen LogP contribution < -0.4 is 11.1 Å². The Bertz CT molecular complexity index is 205. The highest BCUT2D eigenvalue weighted by atomic mass is 16.1. The maximum Gasteiger partial charge on any atom is 0.220 e. The van der Waals surface area contributed by atoms with Crippen molar-refractivity contribution in [2.45, 2.75) is 38.6 Å². The van der Waals surface area contributed by atoms with E-state index in [9.17, 15) is 4.79 Å². The summed E-state index contributed by atoms with van der Waals surface area (Å²) in [4.78, 5) is 11.4. The summed E-state index contributed by atoms with van der Waals surface area (Å²) < 4.78 is 0. The van der Waals surface area contributed by atoms with E-state index in [0.29, 0.717) is 24.9 Å². The summed E-state index contributed by atoms with van der Waals surface area (Å²) >= 11 is 0. The molecule has 1 atom stereocenters. The van der Waals surface area contributed by atoms with E-state index < -0.39 is 0 Å². The van der Waals surface area contributed by atoms with Gasteiger partial charge >= 0.3 is 0 Å². The van der Waals surface area contributed by atoms with E-state index in [4.69, 9.17) is 5.73 Å². The molecular weight excluding hydrogens is 176 g/mol. The first kappa shape index (κ1) is 11.2. The molecule has 3 heteroatoms. The van der Waals surface area contributed by atoms with Gasteiger partial charge in [0.15, 0.2) is 0 Å². The van der Waals surface area contributed by atoms with Gasteiger partial charge in [-0.15, -0.1) is 0 Å². The molecule has 1 aliphatic carbocycles. The summed E-state index contributed by atoms with van der Waals surface area (Å²) in [5.74, 6) is 0.612. The molecule has 1 amide bonds. The number of hydrogen-bond acceptors (Lipinski definition) is 2. The molecule has 0 aliphatic heterocycles. The number of hydrogen-bond donors (Lipinski definition) is 2. The van der Waals surface area contributed by atoms with Gasteiger partial charge in [0.2, 0.25) is 5.91 Å². The molecule has 14 heavy (non-hydrogen) atoms. The third kappa shape index (κ3) is 3.92. The smallest absolute Gasteiger partial charge is 0.220 e. The minimum Gasteiger partial charge on any atom is -0.353 e. The Balaban J connectivity index is 2.09. The normalized spacial score (nSPS) is 18.4. The Hall–Kier alpha value is -0.830. The minimum absolute atomic E-state index is 0.166. The topological polar surface area (TPSA) is 55.1 Å². The van der Waals surface area contributed by atoms with Gasteiger partial charge in [0.05, 0.1) is 0 Å². The van der Waals surface area contributed by atoms with Crippen molar-refractivity contribution in [3.63, 3.8) is 0 Å². The molecule has 0 aromatic carbocycles. The van der Waals surface area contributed by atoms with Crippen molar-refractivity contribution >= 4 is 5.91 Å². The van der Waals surface area contributed by atoms with Gasteiger partial charge in [0.1, 0.15) is 0 Å². The molecule has 0 fully saturated rings. The number of nitrogens with two attached hydrogens (primary N) is 1. The molecular formula is C11H20N2O. The fourth-order valence-electron chi connectivity index (χ4n) is 1.53. The fraction of sp³-hybridized carbons (Fsp3) is 0.727. The summed E-state index contributed by atoms with van der Waals surface area (Å²) in [6.07, 6.45) is 7.70. The van der Waals surface area contributed by atoms with Crippen molar-refractivity contribution in [3.05, 3.63) is 12.2 Å². The van der Waals surface area contributed by atoms with E-state index in [1.807, 2.05) is 0 Å². The Morgan fingerprint density at radius 3 is 2.79 bits per heavy atom. The molecule has 1 unspecified atom stereocenters. The molecule has 0 bridgehead atoms. The summed E-state index contributed by atoms with van der Waals surface area (Å²) in [6, 6.07) is 0.343. The van der Waals surface area contributed by atoms with Gasteiger partial charge in [-0.05, 0) is 31.7 Å². The molecule has 3 nitrogen and oxygen atoms in total. The van der Waals surface area contributed by atoms with Crippen molar-refractivity contribution in [1.29, 1.82) is 0 Å². The van der Waals surface area contributed by atoms with E-state index in [0.717, 1.165) is 19.3 Å². The predicted octanol–water partition coefficient (Wildman–Crippen LogP) is 1.20. The average molecular weight is 196 g/mol. The quantitative estimate of drug-likeness (QED) is 0.649. The first-order chi connectivity index (χ1) is 6.72. The molecule has 0 saturated carbocycles. The second-order valence-electron chi connectivity index (χ2n) is 4.09. The van der Waals surface area contributed by atoms with Crippen molar-refractivity contribution in [2.75, 3.05) is 6.54 Å². The zero-order chi connectivity index (χ0) is 10.4. The van der Waals surface area contributed by atoms with Crippen LogP contribution in [0.2, 0.25) is 0 Å². The lowest BCUT2D eigenvalue weighted by molar-refractivity contribution is -0.122. The van der Waals surface area contributed by atoms with Crippen LogP contribution in [-0.2, 0) is 4.79 Å². The first-order valence-electron chi connectivity index (χ1n) is 5.36. The monoisotopic (exact) mass is 196 g/mol. The van der Waals surface area contributed by atoms with Crippen molar-refractivity contribution < 1.29 is 4.79 Å². The molecule has 0 spiro atoms. The van der Waals surface area contributed by atoms with Gasteiger partial charge in [0.25, 0.3) is 0 Å². The average Bonchev–Trinajstić information content (AvgIpc) is 2.66. The summed E-state index contributed by atoms with van der Waals surface area (Å²) in [7, 11) is 0. The van der Waals surface area contributed by atoms with Crippen molar-refractivity contribution in [2.24, 2.45) is 11.7 Å². The van der Waals surface area contributed by atoms with E-state index in [1.54, 1.807) is 0 Å². The van der Waals surface area contributed by atoms with Crippen LogP contribution in [0.5, 0.6) is 0 Å². The predicted molar refractivity (Wildman–Crippen MR) is 57.8 cm³/mol. The standard InChI is InChI=1S/C11H20N2O/c1-9(8-12)6-7-11(14)13-10-4-2-3-5-10/h2-3,9-10H,4-8,12H2,1H3,(H,13,14). The van der Waals surface area contributed by atoms with E-state index >= 15 is 0 Å². The Labute approximate surface area is 85.7 Å². The van der Waals surface area contributed by atoms with Gasteiger partial charge in [-0.2, -0.15) is 0 Å². The lowest BCUT2D eigenvalue weighted by Gasteiger charge is -2.13. The van der Waals surface area contributed by atoms with Crippen molar-refractivity contribution in [1.82, 2.24) is 5.32 Å². The van der Waals surface area contributed by atoms with E-state index in [2.05, 4.69) is 24.4 Å². The van der Waals surface area contributed by atoms with Crippen LogP contribution in [0.4, 0.5) is 0 Å². The molecule has 3 N–H and O–H groups in total. The minimum atomic E-state index is 0.166. The van der Waals surface area contributed by atoms with Crippen LogP contribution in [0.15, 0.2) is 12.2 Å². The molecule has 0 heterocycles. The van der Waals surface area contributed by atoms with Crippen LogP contribution in [0.3, 0.4) is 0 Å². The van der Waals surface area contributed by atoms with Gasteiger partial charge in [0, 0.05) is 12.5 Å². The Kier molecular flexibility index (Phi) is 4.66. The molecule has 0 saturated heterocycles. The molecule has 1 rings (SSSR count). The van der Waals surface area contributed by atoms with Gasteiger partial charge in [-0.1, -0.05) is 19.1 Å². The van der Waals surface area contributed by atoms with Crippen LogP contribution in [0.25, 0.3) is 0 Å². The molecule has 1 aliphatic rings. The second-order valence-corrected chi connectivity index (χ2v) is 4.09. The lowest BCUT2D eigenvalue weighted by Crippen LogP contribution is -2.33. The zero-order valence-electron chi connectivity index (χ0n) is 8.83. The Morgan fingerprint density at radius 1 is 1.57 bits per heavy atom. The Morgan fingerprint density at radius 2 is 2.21 bits per heavy atom. The third-order valence-corrected chi connectivity index (χ3v) is 2.64. The second kappa shape index (κ2) is 5.81. The summed E-state index contributed by atoms with van der Waals surface area (Å²) in [6.45, 7) is 2.74. The lowest BCUT2D eigenvalue weighted by atomic mass is 10.1. The van der Waals surface area contributed by atoms with Crippen molar-refractivity contribution in [3.8, 4) is 0 Å². The number of amides is 1. The highest BCUT2D eigenvalue weighted by Gasteiger charge is 2.13. The first-order valence-corrected chi connectivity index (χ1v) is 5.36. The number of carbonyl (C=O) groups excluding carboxylic acids is 1. The van der Waals surface area contributed by atoms with Crippen LogP contribution in [-0.4, -0.2) is 18.5 Å². The van der Waals surface area contributed by atoms with Crippen LogP contribution >= 0.6 is 0 Å². The molecule has 0 radical (unpaired) electrons. The SMILES string of the molecule is CC(CN)CCC(=O)NC1CC=CC1. The summed E-state index contributed by atoms with van der Waals surface area (Å²) in [5, 5.41) is 3.02. The van der Waals surface area contributed by atoms with E-state index in [-0.39, 0.29) is 5.91 Å². The van der Waals surface area contributed by atoms with Gasteiger partial charge in [-0.25, -0.2) is 0 Å². The highest BCUT2D eigenvalue weighted by Crippen LogP contribution is 2.10. The number of rotatable bonds is 5. The number of carbonyl (C=O) groups is 1. The van der Waals surface area contributed by atoms with Crippen LogP contribution in [0.1, 0.15) is 32.6 Å². The highest BCUT2D eigenvalue weighted by molar-refractivity contribution is 5.76.